The predicted octanol–water partition coefficient (Wildman–Crippen LogP) is 2.62. The summed E-state index contributed by atoms with van der Waals surface area (Å²) in [5.74, 6) is 1.13. The highest BCUT2D eigenvalue weighted by Gasteiger charge is 2.20. The van der Waals surface area contributed by atoms with Gasteiger partial charge in [0.2, 0.25) is 0 Å². The van der Waals surface area contributed by atoms with Crippen LogP contribution in [0.25, 0.3) is 0 Å². The van der Waals surface area contributed by atoms with Crippen LogP contribution in [0.3, 0.4) is 0 Å². The van der Waals surface area contributed by atoms with E-state index in [9.17, 15) is 9.18 Å². The number of rotatable bonds is 3. The van der Waals surface area contributed by atoms with E-state index in [2.05, 4.69) is 0 Å². The van der Waals surface area contributed by atoms with Crippen LogP contribution in [0.2, 0.25) is 0 Å². The molecule has 0 radical (unpaired) electrons. The van der Waals surface area contributed by atoms with Crippen LogP contribution >= 0.6 is 0 Å². The van der Waals surface area contributed by atoms with E-state index in [-0.39, 0.29) is 12.2 Å². The van der Waals surface area contributed by atoms with Crippen molar-refractivity contribution in [2.24, 2.45) is 0 Å². The molecule has 1 aliphatic rings. The van der Waals surface area contributed by atoms with Gasteiger partial charge in [-0.05, 0) is 31.5 Å². The van der Waals surface area contributed by atoms with Gasteiger partial charge < -0.3 is 9.47 Å². The standard InChI is InChI=1S/C13H15FO3/c1-8(15)5-11-6-10(9(2)14)7-12-13(11)17-4-3-16-12/h6-7,9H,3-5H2,1-2H3. The Morgan fingerprint density at radius 1 is 1.41 bits per heavy atom. The van der Waals surface area contributed by atoms with Crippen LogP contribution in [0.5, 0.6) is 11.5 Å². The Morgan fingerprint density at radius 2 is 2.12 bits per heavy atom. The van der Waals surface area contributed by atoms with Gasteiger partial charge in [0, 0.05) is 12.0 Å². The van der Waals surface area contributed by atoms with Gasteiger partial charge in [0.15, 0.2) is 11.5 Å². The largest absolute Gasteiger partial charge is 0.486 e. The molecule has 1 atom stereocenters. The van der Waals surface area contributed by atoms with Crippen LogP contribution in [-0.4, -0.2) is 19.0 Å². The van der Waals surface area contributed by atoms with Crippen LogP contribution in [0.1, 0.15) is 31.1 Å². The molecule has 3 nitrogen and oxygen atoms in total. The SMILES string of the molecule is CC(=O)Cc1cc(C(C)F)cc2c1OCCO2. The molecule has 1 aromatic carbocycles. The van der Waals surface area contributed by atoms with Crippen molar-refractivity contribution in [2.75, 3.05) is 13.2 Å². The number of benzene rings is 1. The van der Waals surface area contributed by atoms with Crippen molar-refractivity contribution in [3.8, 4) is 11.5 Å². The van der Waals surface area contributed by atoms with Gasteiger partial charge in [-0.15, -0.1) is 0 Å². The fourth-order valence-electron chi connectivity index (χ4n) is 1.88. The Kier molecular flexibility index (Phi) is 3.31. The maximum Gasteiger partial charge on any atom is 0.165 e. The lowest BCUT2D eigenvalue weighted by molar-refractivity contribution is -0.116. The molecule has 2 rings (SSSR count). The summed E-state index contributed by atoms with van der Waals surface area (Å²) in [4.78, 5) is 11.2. The molecule has 0 spiro atoms. The van der Waals surface area contributed by atoms with Gasteiger partial charge in [-0.3, -0.25) is 4.79 Å². The van der Waals surface area contributed by atoms with Crippen molar-refractivity contribution in [2.45, 2.75) is 26.4 Å². The molecule has 1 aromatic rings. The van der Waals surface area contributed by atoms with Crippen LogP contribution in [-0.2, 0) is 11.2 Å². The number of Topliss-reactive ketones (excluding diaryl/α,β-unsaturated/α-hetero) is 1. The highest BCUT2D eigenvalue weighted by molar-refractivity contribution is 5.79. The number of hydrogen-bond donors (Lipinski definition) is 0. The Balaban J connectivity index is 2.46. The van der Waals surface area contributed by atoms with E-state index < -0.39 is 6.17 Å². The van der Waals surface area contributed by atoms with Crippen LogP contribution in [0.4, 0.5) is 4.39 Å². The third kappa shape index (κ3) is 2.57. The van der Waals surface area contributed by atoms with Crippen molar-refractivity contribution < 1.29 is 18.7 Å². The molecule has 0 aliphatic carbocycles. The maximum absolute atomic E-state index is 13.3. The fourth-order valence-corrected chi connectivity index (χ4v) is 1.88. The van der Waals surface area contributed by atoms with Gasteiger partial charge in [-0.2, -0.15) is 0 Å². The lowest BCUT2D eigenvalue weighted by atomic mass is 10.0. The fraction of sp³-hybridized carbons (Fsp3) is 0.462. The third-order valence-electron chi connectivity index (χ3n) is 2.64. The summed E-state index contributed by atoms with van der Waals surface area (Å²) in [5, 5.41) is 0. The van der Waals surface area contributed by atoms with Gasteiger partial charge in [0.25, 0.3) is 0 Å². The summed E-state index contributed by atoms with van der Waals surface area (Å²) in [5.41, 5.74) is 1.22. The molecule has 0 amide bonds. The monoisotopic (exact) mass is 238 g/mol. The molecule has 0 aromatic heterocycles. The molecule has 0 saturated carbocycles. The Hall–Kier alpha value is -1.58. The second kappa shape index (κ2) is 4.73. The topological polar surface area (TPSA) is 35.5 Å². The van der Waals surface area contributed by atoms with Gasteiger partial charge in [0.1, 0.15) is 25.2 Å². The zero-order valence-electron chi connectivity index (χ0n) is 9.96. The summed E-state index contributed by atoms with van der Waals surface area (Å²) in [6, 6.07) is 3.32. The van der Waals surface area contributed by atoms with Crippen LogP contribution in [0.15, 0.2) is 12.1 Å². The zero-order chi connectivity index (χ0) is 12.4. The normalized spacial score (nSPS) is 15.5. The summed E-state index contributed by atoms with van der Waals surface area (Å²) >= 11 is 0. The van der Waals surface area contributed by atoms with Gasteiger partial charge in [-0.1, -0.05) is 0 Å². The summed E-state index contributed by atoms with van der Waals surface area (Å²) in [6.45, 7) is 3.88. The molecule has 0 fully saturated rings. The lowest BCUT2D eigenvalue weighted by Gasteiger charge is -2.22. The van der Waals surface area contributed by atoms with Gasteiger partial charge >= 0.3 is 0 Å². The number of ether oxygens (including phenoxy) is 2. The quantitative estimate of drug-likeness (QED) is 0.812. The minimum absolute atomic E-state index is 0.0186. The smallest absolute Gasteiger partial charge is 0.165 e. The van der Waals surface area contributed by atoms with E-state index in [0.29, 0.717) is 35.8 Å². The molecular weight excluding hydrogens is 223 g/mol. The molecule has 4 heteroatoms. The minimum Gasteiger partial charge on any atom is -0.486 e. The first-order valence-corrected chi connectivity index (χ1v) is 5.64. The number of hydrogen-bond acceptors (Lipinski definition) is 3. The van der Waals surface area contributed by atoms with Crippen molar-refractivity contribution in [1.82, 2.24) is 0 Å². The molecule has 1 unspecified atom stereocenters. The Labute approximate surface area is 99.5 Å². The van der Waals surface area contributed by atoms with Crippen LogP contribution in [0, 0.1) is 0 Å². The molecule has 92 valence electrons. The van der Waals surface area contributed by atoms with E-state index in [1.807, 2.05) is 0 Å². The zero-order valence-corrected chi connectivity index (χ0v) is 9.96. The van der Waals surface area contributed by atoms with E-state index in [0.717, 1.165) is 0 Å². The van der Waals surface area contributed by atoms with Crippen molar-refractivity contribution >= 4 is 5.78 Å². The second-order valence-corrected chi connectivity index (χ2v) is 4.20. The number of carbonyl (C=O) groups is 1. The second-order valence-electron chi connectivity index (χ2n) is 4.20. The average molecular weight is 238 g/mol. The van der Waals surface area contributed by atoms with E-state index in [1.54, 1.807) is 12.1 Å². The number of fused-ring (bicyclic) bond motifs is 1. The van der Waals surface area contributed by atoms with E-state index in [1.165, 1.54) is 13.8 Å². The van der Waals surface area contributed by atoms with Crippen molar-refractivity contribution in [3.05, 3.63) is 23.3 Å². The molecule has 1 heterocycles. The first-order valence-electron chi connectivity index (χ1n) is 5.64. The highest BCUT2D eigenvalue weighted by Crippen LogP contribution is 2.37. The number of halogens is 1. The first-order chi connectivity index (χ1) is 8.08. The number of carbonyl (C=O) groups excluding carboxylic acids is 1. The first kappa shape index (κ1) is 11.9. The Bertz CT molecular complexity index is 441. The summed E-state index contributed by atoms with van der Waals surface area (Å²) in [7, 11) is 0. The summed E-state index contributed by atoms with van der Waals surface area (Å²) in [6.07, 6.45) is -0.844. The summed E-state index contributed by atoms with van der Waals surface area (Å²) < 4.78 is 24.3. The van der Waals surface area contributed by atoms with E-state index in [4.69, 9.17) is 9.47 Å². The number of ketones is 1. The Morgan fingerprint density at radius 3 is 2.76 bits per heavy atom. The maximum atomic E-state index is 13.3. The van der Waals surface area contributed by atoms with Crippen molar-refractivity contribution in [3.63, 3.8) is 0 Å². The third-order valence-corrected chi connectivity index (χ3v) is 2.64. The highest BCUT2D eigenvalue weighted by atomic mass is 19.1. The van der Waals surface area contributed by atoms with E-state index >= 15 is 0 Å². The molecule has 17 heavy (non-hydrogen) atoms. The van der Waals surface area contributed by atoms with Gasteiger partial charge in [0.05, 0.1) is 0 Å². The minimum atomic E-state index is -1.09. The average Bonchev–Trinajstić information content (AvgIpc) is 2.28. The molecule has 1 aliphatic heterocycles. The molecule has 0 N–H and O–H groups in total. The predicted molar refractivity (Wildman–Crippen MR) is 61.3 cm³/mol. The lowest BCUT2D eigenvalue weighted by Crippen LogP contribution is -2.17. The molecule has 0 bridgehead atoms. The van der Waals surface area contributed by atoms with Gasteiger partial charge in [-0.25, -0.2) is 4.39 Å². The van der Waals surface area contributed by atoms with Crippen LogP contribution < -0.4 is 9.47 Å². The molecular formula is C13H15FO3. The number of alkyl halides is 1. The van der Waals surface area contributed by atoms with Crippen molar-refractivity contribution in [1.29, 1.82) is 0 Å². The molecule has 0 saturated heterocycles.